The van der Waals surface area contributed by atoms with Crippen molar-refractivity contribution < 1.29 is 22.0 Å². The minimum absolute atomic E-state index is 0.00728. The van der Waals surface area contributed by atoms with Crippen LogP contribution in [0.4, 0.5) is 4.39 Å². The number of halogens is 1. The monoisotopic (exact) mass is 474 g/mol. The van der Waals surface area contributed by atoms with E-state index < -0.39 is 10.0 Å². The van der Waals surface area contributed by atoms with Gasteiger partial charge < -0.3 is 4.42 Å². The fourth-order valence-corrected chi connectivity index (χ4v) is 4.68. The molecule has 0 radical (unpaired) electrons. The lowest BCUT2D eigenvalue weighted by Crippen LogP contribution is -2.27. The van der Waals surface area contributed by atoms with Crippen molar-refractivity contribution in [3.63, 3.8) is 0 Å². The second-order valence-corrected chi connectivity index (χ2v) is 9.90. The van der Waals surface area contributed by atoms with Crippen LogP contribution in [0.5, 0.6) is 0 Å². The number of thiocarbonyl (C=S) groups is 1. The average Bonchev–Trinajstić information content (AvgIpc) is 3.29. The normalized spacial score (nSPS) is 15.8. The number of amides is 1. The Balaban J connectivity index is 1.52. The third-order valence-corrected chi connectivity index (χ3v) is 6.80. The number of carbonyl (C=O) groups is 1. The number of primary sulfonamides is 1. The third kappa shape index (κ3) is 4.77. The molecule has 10 heteroatoms. The topological polar surface area (TPSA) is 93.6 Å². The van der Waals surface area contributed by atoms with Gasteiger partial charge in [-0.15, -0.1) is 0 Å². The number of rotatable bonds is 5. The van der Waals surface area contributed by atoms with Crippen LogP contribution in [0.1, 0.15) is 11.3 Å². The first kappa shape index (κ1) is 21.4. The van der Waals surface area contributed by atoms with Crippen molar-refractivity contribution in [3.8, 4) is 11.3 Å². The van der Waals surface area contributed by atoms with E-state index in [-0.39, 0.29) is 23.2 Å². The van der Waals surface area contributed by atoms with E-state index >= 15 is 0 Å². The van der Waals surface area contributed by atoms with Gasteiger partial charge >= 0.3 is 0 Å². The fraction of sp³-hybridized carbons (Fsp3) is 0.0476. The zero-order chi connectivity index (χ0) is 22.2. The van der Waals surface area contributed by atoms with Crippen LogP contribution in [0.3, 0.4) is 0 Å². The third-order valence-electron chi connectivity index (χ3n) is 4.50. The Morgan fingerprint density at radius 2 is 1.74 bits per heavy atom. The Morgan fingerprint density at radius 1 is 1.06 bits per heavy atom. The quantitative estimate of drug-likeness (QED) is 0.441. The zero-order valence-corrected chi connectivity index (χ0v) is 18.3. The number of thioether (sulfide) groups is 1. The molecule has 1 saturated heterocycles. The summed E-state index contributed by atoms with van der Waals surface area (Å²) in [6.45, 7) is 0.252. The lowest BCUT2D eigenvalue weighted by atomic mass is 10.2. The molecule has 1 aliphatic rings. The van der Waals surface area contributed by atoms with Gasteiger partial charge in [0.05, 0.1) is 16.3 Å². The molecule has 2 N–H and O–H groups in total. The minimum Gasteiger partial charge on any atom is -0.457 e. The Bertz CT molecular complexity index is 1300. The second-order valence-electron chi connectivity index (χ2n) is 6.67. The fourth-order valence-electron chi connectivity index (χ4n) is 2.93. The highest BCUT2D eigenvalue weighted by atomic mass is 32.2. The summed E-state index contributed by atoms with van der Waals surface area (Å²) in [5.74, 6) is 0.360. The molecule has 4 rings (SSSR count). The summed E-state index contributed by atoms with van der Waals surface area (Å²) in [7, 11) is -3.77. The Labute approximate surface area is 187 Å². The maximum Gasteiger partial charge on any atom is 0.266 e. The van der Waals surface area contributed by atoms with Crippen molar-refractivity contribution in [2.24, 2.45) is 5.14 Å². The summed E-state index contributed by atoms with van der Waals surface area (Å²) in [6.07, 6.45) is 1.60. The molecule has 0 unspecified atom stereocenters. The van der Waals surface area contributed by atoms with Gasteiger partial charge in [-0.05, 0) is 54.1 Å². The molecule has 158 valence electrons. The first-order chi connectivity index (χ1) is 14.7. The molecule has 1 aromatic heterocycles. The number of furan rings is 1. The lowest BCUT2D eigenvalue weighted by Gasteiger charge is -2.14. The number of sulfonamides is 1. The van der Waals surface area contributed by atoms with Gasteiger partial charge in [0.2, 0.25) is 10.0 Å². The van der Waals surface area contributed by atoms with Gasteiger partial charge in [-0.2, -0.15) is 0 Å². The number of hydrogen-bond acceptors (Lipinski definition) is 6. The average molecular weight is 475 g/mol. The van der Waals surface area contributed by atoms with E-state index in [4.69, 9.17) is 21.8 Å². The van der Waals surface area contributed by atoms with Gasteiger partial charge in [0.25, 0.3) is 5.91 Å². The predicted molar refractivity (Wildman–Crippen MR) is 121 cm³/mol. The molecule has 0 bridgehead atoms. The first-order valence-corrected chi connectivity index (χ1v) is 11.7. The smallest absolute Gasteiger partial charge is 0.266 e. The van der Waals surface area contributed by atoms with E-state index in [1.165, 1.54) is 29.2 Å². The number of nitrogens with two attached hydrogens (primary N) is 1. The summed E-state index contributed by atoms with van der Waals surface area (Å²) in [5.41, 5.74) is 1.43. The van der Waals surface area contributed by atoms with Gasteiger partial charge in [0, 0.05) is 11.6 Å². The van der Waals surface area contributed by atoms with Gasteiger partial charge in [-0.3, -0.25) is 9.69 Å². The van der Waals surface area contributed by atoms with E-state index in [2.05, 4.69) is 0 Å². The Hall–Kier alpha value is -2.79. The van der Waals surface area contributed by atoms with Gasteiger partial charge in [-0.25, -0.2) is 17.9 Å². The number of hydrogen-bond donors (Lipinski definition) is 1. The second kappa shape index (κ2) is 8.39. The largest absolute Gasteiger partial charge is 0.457 e. The van der Waals surface area contributed by atoms with Crippen LogP contribution in [-0.2, 0) is 21.4 Å². The molecular formula is C21H15FN2O4S3. The van der Waals surface area contributed by atoms with Crippen molar-refractivity contribution in [1.29, 1.82) is 0 Å². The van der Waals surface area contributed by atoms with Gasteiger partial charge in [0.15, 0.2) is 0 Å². The van der Waals surface area contributed by atoms with Crippen LogP contribution in [-0.4, -0.2) is 23.5 Å². The molecule has 0 atom stereocenters. The molecule has 31 heavy (non-hydrogen) atoms. The Kier molecular flexibility index (Phi) is 5.80. The number of benzene rings is 2. The summed E-state index contributed by atoms with van der Waals surface area (Å²) < 4.78 is 42.0. The molecule has 6 nitrogen and oxygen atoms in total. The Morgan fingerprint density at radius 3 is 2.39 bits per heavy atom. The number of carbonyl (C=O) groups excluding carboxylic acids is 1. The summed E-state index contributed by atoms with van der Waals surface area (Å²) in [4.78, 5) is 14.6. The molecule has 2 heterocycles. The summed E-state index contributed by atoms with van der Waals surface area (Å²) >= 11 is 6.49. The summed E-state index contributed by atoms with van der Waals surface area (Å²) in [6, 6.07) is 15.3. The van der Waals surface area contributed by atoms with Crippen molar-refractivity contribution in [2.45, 2.75) is 11.4 Å². The molecule has 2 aromatic carbocycles. The maximum atomic E-state index is 13.1. The molecule has 0 spiro atoms. The minimum atomic E-state index is -3.77. The van der Waals surface area contributed by atoms with Crippen LogP contribution in [0.2, 0.25) is 0 Å². The molecule has 1 amide bonds. The molecule has 1 fully saturated rings. The van der Waals surface area contributed by atoms with Crippen LogP contribution >= 0.6 is 24.0 Å². The van der Waals surface area contributed by atoms with Crippen LogP contribution in [0.25, 0.3) is 17.4 Å². The van der Waals surface area contributed by atoms with Crippen molar-refractivity contribution in [1.82, 2.24) is 4.90 Å². The highest BCUT2D eigenvalue weighted by Gasteiger charge is 2.32. The van der Waals surface area contributed by atoms with Crippen molar-refractivity contribution >= 4 is 50.3 Å². The lowest BCUT2D eigenvalue weighted by molar-refractivity contribution is -0.122. The van der Waals surface area contributed by atoms with Crippen molar-refractivity contribution in [3.05, 3.63) is 82.7 Å². The molecule has 0 aliphatic carbocycles. The van der Waals surface area contributed by atoms with E-state index in [1.54, 1.807) is 42.5 Å². The molecule has 3 aromatic rings. The van der Waals surface area contributed by atoms with Crippen molar-refractivity contribution in [2.75, 3.05) is 0 Å². The van der Waals surface area contributed by atoms with Crippen LogP contribution in [0, 0.1) is 5.82 Å². The standard InChI is InChI=1S/C21H15FN2O4S3/c22-15-5-1-13(2-6-15)12-24-20(25)19(30-21(24)29)11-16-7-10-18(28-16)14-3-8-17(9-4-14)31(23,26)27/h1-11H,12H2,(H2,23,26,27). The predicted octanol–water partition coefficient (Wildman–Crippen LogP) is 4.13. The first-order valence-electron chi connectivity index (χ1n) is 8.93. The number of nitrogens with zero attached hydrogens (tertiary/aromatic N) is 1. The van der Waals surface area contributed by atoms with E-state index in [0.29, 0.717) is 26.3 Å². The van der Waals surface area contributed by atoms with E-state index in [0.717, 1.165) is 17.3 Å². The van der Waals surface area contributed by atoms with Gasteiger partial charge in [-0.1, -0.05) is 36.1 Å². The van der Waals surface area contributed by atoms with Crippen LogP contribution in [0.15, 0.2) is 74.9 Å². The zero-order valence-electron chi connectivity index (χ0n) is 15.8. The maximum absolute atomic E-state index is 13.1. The SMILES string of the molecule is NS(=O)(=O)c1ccc(-c2ccc(C=C3SC(=S)N(Cc4ccc(F)cc4)C3=O)o2)cc1. The van der Waals surface area contributed by atoms with E-state index in [9.17, 15) is 17.6 Å². The molecular weight excluding hydrogens is 459 g/mol. The highest BCUT2D eigenvalue weighted by molar-refractivity contribution is 8.26. The molecule has 0 saturated carbocycles. The molecule has 1 aliphatic heterocycles. The van der Waals surface area contributed by atoms with E-state index in [1.807, 2.05) is 0 Å². The van der Waals surface area contributed by atoms with Crippen LogP contribution < -0.4 is 5.14 Å². The van der Waals surface area contributed by atoms with Gasteiger partial charge in [0.1, 0.15) is 21.7 Å². The summed E-state index contributed by atoms with van der Waals surface area (Å²) in [5, 5.41) is 5.11. The highest BCUT2D eigenvalue weighted by Crippen LogP contribution is 2.34.